The lowest BCUT2D eigenvalue weighted by Crippen LogP contribution is -2.25. The summed E-state index contributed by atoms with van der Waals surface area (Å²) >= 11 is 0. The average molecular weight is 336 g/mol. The molecule has 5 nitrogen and oxygen atoms in total. The molecule has 1 fully saturated rings. The van der Waals surface area contributed by atoms with E-state index in [0.717, 1.165) is 11.8 Å². The van der Waals surface area contributed by atoms with E-state index in [9.17, 15) is 13.9 Å². The summed E-state index contributed by atoms with van der Waals surface area (Å²) in [5.41, 5.74) is 1.29. The van der Waals surface area contributed by atoms with Gasteiger partial charge in [0, 0.05) is 19.1 Å². The van der Waals surface area contributed by atoms with Crippen LogP contribution in [0.3, 0.4) is 0 Å². The molecule has 0 radical (unpaired) electrons. The summed E-state index contributed by atoms with van der Waals surface area (Å²) in [7, 11) is 0. The van der Waals surface area contributed by atoms with Crippen molar-refractivity contribution in [3.63, 3.8) is 0 Å². The molecule has 2 heterocycles. The zero-order valence-electron chi connectivity index (χ0n) is 14.1. The largest absolute Gasteiger partial charge is 0.392 e. The maximum absolute atomic E-state index is 13.5. The zero-order chi connectivity index (χ0) is 17.5. The molecule has 1 aromatic carbocycles. The Morgan fingerprint density at radius 2 is 2.00 bits per heavy atom. The second-order valence-electron chi connectivity index (χ2n) is 7.33. The Kier molecular flexibility index (Phi) is 4.40. The number of likely N-dealkylation sites (tertiary alicyclic amines) is 1. The van der Waals surface area contributed by atoms with Crippen molar-refractivity contribution in [2.45, 2.75) is 51.4 Å². The monoisotopic (exact) mass is 336 g/mol. The van der Waals surface area contributed by atoms with Gasteiger partial charge in [0.05, 0.1) is 23.5 Å². The smallest absolute Gasteiger partial charge is 0.159 e. The molecule has 1 aromatic heterocycles. The SMILES string of the molecule is CC(C)(C)n1cc(CN2C[C@@H](O)C[C@H]2c2ccc(F)c(F)c2)nn1. The van der Waals surface area contributed by atoms with Gasteiger partial charge >= 0.3 is 0 Å². The molecule has 1 saturated heterocycles. The first-order valence-corrected chi connectivity index (χ1v) is 8.03. The Morgan fingerprint density at radius 3 is 2.62 bits per heavy atom. The number of rotatable bonds is 3. The predicted molar refractivity (Wildman–Crippen MR) is 85.2 cm³/mol. The molecule has 1 aliphatic heterocycles. The topological polar surface area (TPSA) is 54.2 Å². The van der Waals surface area contributed by atoms with Crippen molar-refractivity contribution in [2.24, 2.45) is 0 Å². The number of hydrogen-bond acceptors (Lipinski definition) is 4. The molecule has 2 aromatic rings. The van der Waals surface area contributed by atoms with Gasteiger partial charge < -0.3 is 5.11 Å². The number of halogens is 2. The van der Waals surface area contributed by atoms with Crippen LogP contribution in [0.2, 0.25) is 0 Å². The van der Waals surface area contributed by atoms with Crippen molar-refractivity contribution < 1.29 is 13.9 Å². The standard InChI is InChI=1S/C17H22F2N4O/c1-17(2,3)23-9-12(20-21-23)8-22-10-13(24)7-16(22)11-4-5-14(18)15(19)6-11/h4-6,9,13,16,24H,7-8,10H2,1-3H3/t13-,16-/m0/s1. The minimum Gasteiger partial charge on any atom is -0.392 e. The van der Waals surface area contributed by atoms with Crippen LogP contribution in [-0.4, -0.2) is 37.6 Å². The molecule has 130 valence electrons. The van der Waals surface area contributed by atoms with Gasteiger partial charge in [-0.25, -0.2) is 13.5 Å². The van der Waals surface area contributed by atoms with Crippen molar-refractivity contribution in [2.75, 3.05) is 6.54 Å². The van der Waals surface area contributed by atoms with Gasteiger partial charge in [-0.3, -0.25) is 4.90 Å². The fourth-order valence-electron chi connectivity index (χ4n) is 3.03. The fourth-order valence-corrected chi connectivity index (χ4v) is 3.03. The minimum atomic E-state index is -0.868. The van der Waals surface area contributed by atoms with Crippen molar-refractivity contribution in [1.82, 2.24) is 19.9 Å². The minimum absolute atomic E-state index is 0.157. The van der Waals surface area contributed by atoms with Crippen molar-refractivity contribution in [3.05, 3.63) is 47.3 Å². The van der Waals surface area contributed by atoms with E-state index in [4.69, 9.17) is 0 Å². The highest BCUT2D eigenvalue weighted by molar-refractivity contribution is 5.23. The van der Waals surface area contributed by atoms with E-state index in [-0.39, 0.29) is 11.6 Å². The van der Waals surface area contributed by atoms with Crippen LogP contribution in [-0.2, 0) is 12.1 Å². The molecule has 2 atom stereocenters. The summed E-state index contributed by atoms with van der Waals surface area (Å²) in [5.74, 6) is -1.73. The quantitative estimate of drug-likeness (QED) is 0.936. The van der Waals surface area contributed by atoms with Crippen molar-refractivity contribution in [1.29, 1.82) is 0 Å². The third-order valence-corrected chi connectivity index (χ3v) is 4.30. The highest BCUT2D eigenvalue weighted by Crippen LogP contribution is 2.33. The normalized spacial score (nSPS) is 22.2. The Bertz CT molecular complexity index is 726. The Labute approximate surface area is 139 Å². The molecule has 0 aliphatic carbocycles. The zero-order valence-corrected chi connectivity index (χ0v) is 14.1. The second-order valence-corrected chi connectivity index (χ2v) is 7.33. The molecule has 0 amide bonds. The van der Waals surface area contributed by atoms with Gasteiger partial charge in [0.2, 0.25) is 0 Å². The molecular formula is C17H22F2N4O. The van der Waals surface area contributed by atoms with Gasteiger partial charge in [0.25, 0.3) is 0 Å². The molecule has 1 aliphatic rings. The van der Waals surface area contributed by atoms with Crippen LogP contribution >= 0.6 is 0 Å². The number of hydrogen-bond donors (Lipinski definition) is 1. The molecular weight excluding hydrogens is 314 g/mol. The van der Waals surface area contributed by atoms with Crippen LogP contribution < -0.4 is 0 Å². The predicted octanol–water partition coefficient (Wildman–Crippen LogP) is 2.62. The maximum Gasteiger partial charge on any atom is 0.159 e. The number of β-amino-alcohol motifs (C(OH)–C–C–N with tert-alkyl or cyclic N) is 1. The van der Waals surface area contributed by atoms with E-state index < -0.39 is 17.7 Å². The van der Waals surface area contributed by atoms with Crippen LogP contribution in [0.15, 0.2) is 24.4 Å². The van der Waals surface area contributed by atoms with Gasteiger partial charge in [-0.1, -0.05) is 11.3 Å². The third kappa shape index (κ3) is 3.47. The number of aliphatic hydroxyl groups is 1. The van der Waals surface area contributed by atoms with E-state index in [0.29, 0.717) is 25.1 Å². The van der Waals surface area contributed by atoms with Crippen LogP contribution in [0.25, 0.3) is 0 Å². The van der Waals surface area contributed by atoms with Crippen LogP contribution in [0.4, 0.5) is 8.78 Å². The summed E-state index contributed by atoms with van der Waals surface area (Å²) < 4.78 is 28.5. The first-order chi connectivity index (χ1) is 11.2. The lowest BCUT2D eigenvalue weighted by atomic mass is 10.0. The lowest BCUT2D eigenvalue weighted by molar-refractivity contribution is 0.172. The summed E-state index contributed by atoms with van der Waals surface area (Å²) in [4.78, 5) is 2.02. The van der Waals surface area contributed by atoms with Crippen molar-refractivity contribution >= 4 is 0 Å². The number of aliphatic hydroxyl groups excluding tert-OH is 1. The van der Waals surface area contributed by atoms with Crippen LogP contribution in [0.5, 0.6) is 0 Å². The summed E-state index contributed by atoms with van der Waals surface area (Å²) in [5, 5.41) is 18.3. The van der Waals surface area contributed by atoms with E-state index in [1.165, 1.54) is 6.07 Å². The van der Waals surface area contributed by atoms with E-state index >= 15 is 0 Å². The maximum atomic E-state index is 13.5. The van der Waals surface area contributed by atoms with Crippen LogP contribution in [0, 0.1) is 11.6 Å². The van der Waals surface area contributed by atoms with Gasteiger partial charge in [-0.05, 0) is 44.9 Å². The summed E-state index contributed by atoms with van der Waals surface area (Å²) in [6.45, 7) is 7.07. The van der Waals surface area contributed by atoms with Gasteiger partial charge in [0.1, 0.15) is 0 Å². The molecule has 24 heavy (non-hydrogen) atoms. The lowest BCUT2D eigenvalue weighted by Gasteiger charge is -2.23. The first kappa shape index (κ1) is 17.0. The average Bonchev–Trinajstić information content (AvgIpc) is 3.09. The van der Waals surface area contributed by atoms with E-state index in [2.05, 4.69) is 10.3 Å². The third-order valence-electron chi connectivity index (χ3n) is 4.30. The van der Waals surface area contributed by atoms with Gasteiger partial charge in [-0.2, -0.15) is 0 Å². The Balaban J connectivity index is 1.80. The van der Waals surface area contributed by atoms with Gasteiger partial charge in [-0.15, -0.1) is 5.10 Å². The molecule has 0 spiro atoms. The highest BCUT2D eigenvalue weighted by Gasteiger charge is 2.33. The summed E-state index contributed by atoms with van der Waals surface area (Å²) in [6.07, 6.45) is 1.87. The number of aromatic nitrogens is 3. The molecule has 1 N–H and O–H groups in total. The highest BCUT2D eigenvalue weighted by atomic mass is 19.2. The fraction of sp³-hybridized carbons (Fsp3) is 0.529. The molecule has 0 bridgehead atoms. The van der Waals surface area contributed by atoms with E-state index in [1.54, 1.807) is 10.7 Å². The molecule has 0 saturated carbocycles. The first-order valence-electron chi connectivity index (χ1n) is 8.03. The number of benzene rings is 1. The van der Waals surface area contributed by atoms with Gasteiger partial charge in [0.15, 0.2) is 11.6 Å². The second kappa shape index (κ2) is 6.22. The molecule has 0 unspecified atom stereocenters. The molecule has 7 heteroatoms. The summed E-state index contributed by atoms with van der Waals surface area (Å²) in [6, 6.07) is 3.73. The molecule has 3 rings (SSSR count). The Hall–Kier alpha value is -1.86. The van der Waals surface area contributed by atoms with Crippen molar-refractivity contribution in [3.8, 4) is 0 Å². The van der Waals surface area contributed by atoms with Crippen LogP contribution in [0.1, 0.15) is 44.5 Å². The number of nitrogens with zero attached hydrogens (tertiary/aromatic N) is 4. The Morgan fingerprint density at radius 1 is 1.25 bits per heavy atom. The van der Waals surface area contributed by atoms with E-state index in [1.807, 2.05) is 31.9 Å².